The van der Waals surface area contributed by atoms with Crippen LogP contribution in [0.15, 0.2) is 0 Å². The molecule has 76 valence electrons. The first-order chi connectivity index (χ1) is 6.27. The molecule has 0 aromatic carbocycles. The molecule has 0 bridgehead atoms. The molecule has 0 atom stereocenters. The summed E-state index contributed by atoms with van der Waals surface area (Å²) in [7, 11) is 2.15. The fraction of sp³-hybridized carbons (Fsp3) is 1.00. The Morgan fingerprint density at radius 3 is 2.38 bits per heavy atom. The van der Waals surface area contributed by atoms with Gasteiger partial charge in [0.25, 0.3) is 0 Å². The van der Waals surface area contributed by atoms with Crippen LogP contribution in [0.5, 0.6) is 0 Å². The maximum Gasteiger partial charge on any atom is 0.0594 e. The Hall–Kier alpha value is -0.160. The Morgan fingerprint density at radius 2 is 1.92 bits per heavy atom. The maximum absolute atomic E-state index is 5.85. The summed E-state index contributed by atoms with van der Waals surface area (Å²) in [5.74, 6) is 0. The second-order valence-electron chi connectivity index (χ2n) is 4.20. The highest BCUT2D eigenvalue weighted by Gasteiger charge is 2.44. The molecule has 13 heavy (non-hydrogen) atoms. The highest BCUT2D eigenvalue weighted by molar-refractivity contribution is 5.04. The van der Waals surface area contributed by atoms with E-state index in [4.69, 9.17) is 10.5 Å². The van der Waals surface area contributed by atoms with E-state index in [0.29, 0.717) is 0 Å². The van der Waals surface area contributed by atoms with Crippen LogP contribution in [0, 0.1) is 0 Å². The zero-order valence-electron chi connectivity index (χ0n) is 8.33. The molecule has 4 heteroatoms. The first-order valence-corrected chi connectivity index (χ1v) is 4.98. The quantitative estimate of drug-likeness (QED) is 0.597. The van der Waals surface area contributed by atoms with Crippen LogP contribution in [-0.2, 0) is 4.74 Å². The smallest absolute Gasteiger partial charge is 0.0594 e. The minimum absolute atomic E-state index is 0.262. The molecule has 0 unspecified atom stereocenters. The lowest BCUT2D eigenvalue weighted by Gasteiger charge is -2.55. The molecular weight excluding hydrogens is 166 g/mol. The Balaban J connectivity index is 1.95. The second-order valence-corrected chi connectivity index (χ2v) is 4.20. The average Bonchev–Trinajstić information content (AvgIpc) is 2.14. The third-order valence-electron chi connectivity index (χ3n) is 3.19. The molecule has 2 aliphatic heterocycles. The SMILES string of the molecule is CN1CC(CN)(N2CCOCC2)C1. The molecule has 0 aromatic rings. The van der Waals surface area contributed by atoms with Gasteiger partial charge in [0.15, 0.2) is 0 Å². The van der Waals surface area contributed by atoms with Crippen LogP contribution in [0.1, 0.15) is 0 Å². The first-order valence-electron chi connectivity index (χ1n) is 4.98. The van der Waals surface area contributed by atoms with Crippen LogP contribution in [0.3, 0.4) is 0 Å². The zero-order valence-corrected chi connectivity index (χ0v) is 8.33. The number of hydrogen-bond donors (Lipinski definition) is 1. The summed E-state index contributed by atoms with van der Waals surface area (Å²) in [4.78, 5) is 4.82. The van der Waals surface area contributed by atoms with Gasteiger partial charge in [-0.15, -0.1) is 0 Å². The van der Waals surface area contributed by atoms with Crippen molar-refractivity contribution in [2.24, 2.45) is 5.73 Å². The van der Waals surface area contributed by atoms with E-state index in [1.807, 2.05) is 0 Å². The Labute approximate surface area is 79.6 Å². The molecule has 2 heterocycles. The third-order valence-corrected chi connectivity index (χ3v) is 3.19. The molecule has 0 amide bonds. The largest absolute Gasteiger partial charge is 0.379 e. The molecule has 2 fully saturated rings. The van der Waals surface area contributed by atoms with E-state index < -0.39 is 0 Å². The summed E-state index contributed by atoms with van der Waals surface area (Å²) in [6, 6.07) is 0. The summed E-state index contributed by atoms with van der Waals surface area (Å²) in [6.45, 7) is 6.83. The molecule has 0 spiro atoms. The minimum atomic E-state index is 0.262. The lowest BCUT2D eigenvalue weighted by molar-refractivity contribution is -0.0817. The van der Waals surface area contributed by atoms with Crippen LogP contribution < -0.4 is 5.73 Å². The number of rotatable bonds is 2. The molecule has 0 saturated carbocycles. The number of morpholine rings is 1. The number of nitrogens with zero attached hydrogens (tertiary/aromatic N) is 2. The molecule has 4 nitrogen and oxygen atoms in total. The van der Waals surface area contributed by atoms with Crippen molar-refractivity contribution < 1.29 is 4.74 Å². The van der Waals surface area contributed by atoms with Gasteiger partial charge in [0.2, 0.25) is 0 Å². The van der Waals surface area contributed by atoms with E-state index in [-0.39, 0.29) is 5.54 Å². The van der Waals surface area contributed by atoms with Crippen molar-refractivity contribution in [3.05, 3.63) is 0 Å². The van der Waals surface area contributed by atoms with Crippen molar-refractivity contribution in [2.45, 2.75) is 5.54 Å². The highest BCUT2D eigenvalue weighted by atomic mass is 16.5. The van der Waals surface area contributed by atoms with Gasteiger partial charge < -0.3 is 15.4 Å². The van der Waals surface area contributed by atoms with Gasteiger partial charge in [-0.05, 0) is 7.05 Å². The average molecular weight is 185 g/mol. The Bertz CT molecular complexity index is 174. The molecule has 2 saturated heterocycles. The van der Waals surface area contributed by atoms with Crippen molar-refractivity contribution in [3.63, 3.8) is 0 Å². The van der Waals surface area contributed by atoms with Gasteiger partial charge in [0, 0.05) is 32.7 Å². The molecule has 2 aliphatic rings. The first kappa shape index (κ1) is 9.40. The lowest BCUT2D eigenvalue weighted by atomic mass is 9.88. The van der Waals surface area contributed by atoms with Crippen molar-refractivity contribution in [1.29, 1.82) is 0 Å². The predicted octanol–water partition coefficient (Wildman–Crippen LogP) is -1.04. The van der Waals surface area contributed by atoms with E-state index in [9.17, 15) is 0 Å². The fourth-order valence-electron chi connectivity index (χ4n) is 2.45. The molecule has 2 rings (SSSR count). The van der Waals surface area contributed by atoms with Crippen molar-refractivity contribution in [3.8, 4) is 0 Å². The Morgan fingerprint density at radius 1 is 1.31 bits per heavy atom. The van der Waals surface area contributed by atoms with E-state index in [1.54, 1.807) is 0 Å². The normalized spacial score (nSPS) is 30.0. The van der Waals surface area contributed by atoms with Gasteiger partial charge in [0.1, 0.15) is 0 Å². The van der Waals surface area contributed by atoms with Crippen LogP contribution in [0.25, 0.3) is 0 Å². The fourth-order valence-corrected chi connectivity index (χ4v) is 2.45. The van der Waals surface area contributed by atoms with E-state index in [2.05, 4.69) is 16.8 Å². The van der Waals surface area contributed by atoms with Gasteiger partial charge in [-0.25, -0.2) is 0 Å². The summed E-state index contributed by atoms with van der Waals surface area (Å²) >= 11 is 0. The van der Waals surface area contributed by atoms with Crippen molar-refractivity contribution in [1.82, 2.24) is 9.80 Å². The van der Waals surface area contributed by atoms with Crippen molar-refractivity contribution in [2.75, 3.05) is 53.0 Å². The summed E-state index contributed by atoms with van der Waals surface area (Å²) < 4.78 is 5.34. The number of ether oxygens (including phenoxy) is 1. The predicted molar refractivity (Wildman–Crippen MR) is 51.7 cm³/mol. The minimum Gasteiger partial charge on any atom is -0.379 e. The number of hydrogen-bond acceptors (Lipinski definition) is 4. The standard InChI is InChI=1S/C9H19N3O/c1-11-7-9(6-10,8-11)12-2-4-13-5-3-12/h2-8,10H2,1H3. The Kier molecular flexibility index (Phi) is 2.55. The number of likely N-dealkylation sites (tertiary alicyclic amines) is 1. The van der Waals surface area contributed by atoms with E-state index in [1.165, 1.54) is 0 Å². The van der Waals surface area contributed by atoms with E-state index >= 15 is 0 Å². The summed E-state index contributed by atoms with van der Waals surface area (Å²) in [5.41, 5.74) is 6.12. The second kappa shape index (κ2) is 3.53. The lowest BCUT2D eigenvalue weighted by Crippen LogP contribution is -2.73. The maximum atomic E-state index is 5.85. The van der Waals surface area contributed by atoms with Crippen LogP contribution in [-0.4, -0.2) is 68.3 Å². The summed E-state index contributed by atoms with van der Waals surface area (Å²) in [5, 5.41) is 0. The topological polar surface area (TPSA) is 41.7 Å². The molecular formula is C9H19N3O. The van der Waals surface area contributed by atoms with Crippen LogP contribution in [0.4, 0.5) is 0 Å². The van der Waals surface area contributed by atoms with Gasteiger partial charge in [-0.1, -0.05) is 0 Å². The zero-order chi connectivity index (χ0) is 9.31. The van der Waals surface area contributed by atoms with Crippen LogP contribution >= 0.6 is 0 Å². The van der Waals surface area contributed by atoms with Crippen LogP contribution in [0.2, 0.25) is 0 Å². The van der Waals surface area contributed by atoms with Gasteiger partial charge >= 0.3 is 0 Å². The van der Waals surface area contributed by atoms with E-state index in [0.717, 1.165) is 45.9 Å². The molecule has 2 N–H and O–H groups in total. The summed E-state index contributed by atoms with van der Waals surface area (Å²) in [6.07, 6.45) is 0. The van der Waals surface area contributed by atoms with Gasteiger partial charge in [-0.2, -0.15) is 0 Å². The monoisotopic (exact) mass is 185 g/mol. The number of nitrogens with two attached hydrogens (primary N) is 1. The highest BCUT2D eigenvalue weighted by Crippen LogP contribution is 2.26. The molecule has 0 aliphatic carbocycles. The third kappa shape index (κ3) is 1.59. The van der Waals surface area contributed by atoms with Gasteiger partial charge in [-0.3, -0.25) is 4.90 Å². The molecule has 0 radical (unpaired) electrons. The van der Waals surface area contributed by atoms with Gasteiger partial charge in [0.05, 0.1) is 18.8 Å². The van der Waals surface area contributed by atoms with Crippen molar-refractivity contribution >= 4 is 0 Å². The number of likely N-dealkylation sites (N-methyl/N-ethyl adjacent to an activating group) is 1. The molecule has 0 aromatic heterocycles.